The summed E-state index contributed by atoms with van der Waals surface area (Å²) in [5.41, 5.74) is 6.09. The SMILES string of the molecule is O=C(NN1CC2C=CCC2C1)N1CC(c2ccccc2)C(c2ccc(Cl)cc2)=N1. The average molecular weight is 407 g/mol. The first-order valence-electron chi connectivity index (χ1n) is 10.1. The van der Waals surface area contributed by atoms with Crippen LogP contribution in [-0.2, 0) is 0 Å². The van der Waals surface area contributed by atoms with Gasteiger partial charge in [-0.1, -0.05) is 66.2 Å². The fraction of sp³-hybridized carbons (Fsp3) is 0.304. The second-order valence-corrected chi connectivity index (χ2v) is 8.38. The molecule has 6 heteroatoms. The summed E-state index contributed by atoms with van der Waals surface area (Å²) in [6, 6.07) is 17.7. The molecule has 0 aromatic heterocycles. The molecule has 3 atom stereocenters. The second kappa shape index (κ2) is 7.65. The minimum absolute atomic E-state index is 0.0315. The van der Waals surface area contributed by atoms with Crippen molar-refractivity contribution in [2.45, 2.75) is 12.3 Å². The highest BCUT2D eigenvalue weighted by Gasteiger charge is 2.36. The third-order valence-corrected chi connectivity index (χ3v) is 6.31. The van der Waals surface area contributed by atoms with E-state index in [1.54, 1.807) is 5.01 Å². The van der Waals surface area contributed by atoms with Gasteiger partial charge in [0.15, 0.2) is 0 Å². The Bertz CT molecular complexity index is 957. The third kappa shape index (κ3) is 3.68. The van der Waals surface area contributed by atoms with Gasteiger partial charge < -0.3 is 0 Å². The van der Waals surface area contributed by atoms with Crippen LogP contribution in [0, 0.1) is 11.8 Å². The summed E-state index contributed by atoms with van der Waals surface area (Å²) in [4.78, 5) is 13.0. The topological polar surface area (TPSA) is 47.9 Å². The number of hydrazone groups is 1. The predicted molar refractivity (Wildman–Crippen MR) is 115 cm³/mol. The molecule has 148 valence electrons. The Labute approximate surface area is 175 Å². The molecule has 0 radical (unpaired) electrons. The molecule has 2 amide bonds. The number of nitrogens with one attached hydrogen (secondary N) is 1. The van der Waals surface area contributed by atoms with Gasteiger partial charge in [0.2, 0.25) is 0 Å². The zero-order valence-corrected chi connectivity index (χ0v) is 16.8. The van der Waals surface area contributed by atoms with Gasteiger partial charge in [-0.2, -0.15) is 5.10 Å². The number of urea groups is 1. The number of halogens is 1. The third-order valence-electron chi connectivity index (χ3n) is 6.06. The summed E-state index contributed by atoms with van der Waals surface area (Å²) in [7, 11) is 0. The molecule has 1 N–H and O–H groups in total. The molecule has 1 aliphatic carbocycles. The molecule has 0 spiro atoms. The second-order valence-electron chi connectivity index (χ2n) is 7.95. The first-order valence-corrected chi connectivity index (χ1v) is 10.4. The number of carbonyl (C=O) groups is 1. The standard InChI is InChI=1S/C23H23ClN4O/c24-20-11-9-17(10-12-20)22-21(16-5-2-1-3-6-16)15-28(25-22)23(29)26-27-13-18-7-4-8-19(18)14-27/h1-7,9-12,18-19,21H,8,13-15H2,(H,26,29). The Kier molecular flexibility index (Phi) is 4.86. The smallest absolute Gasteiger partial charge is 0.269 e. The molecule has 3 aliphatic rings. The number of nitrogens with zero attached hydrogens (tertiary/aromatic N) is 3. The van der Waals surface area contributed by atoms with E-state index in [0.717, 1.165) is 36.3 Å². The molecule has 29 heavy (non-hydrogen) atoms. The molecule has 0 saturated carbocycles. The lowest BCUT2D eigenvalue weighted by atomic mass is 9.91. The molecular weight excluding hydrogens is 384 g/mol. The number of amides is 2. The molecule has 2 heterocycles. The van der Waals surface area contributed by atoms with E-state index in [2.05, 4.69) is 29.7 Å². The number of hydrazine groups is 1. The van der Waals surface area contributed by atoms with E-state index in [4.69, 9.17) is 16.7 Å². The van der Waals surface area contributed by atoms with Crippen LogP contribution in [0.2, 0.25) is 5.02 Å². The molecule has 2 aromatic carbocycles. The molecule has 2 aromatic rings. The Morgan fingerprint density at radius 3 is 2.59 bits per heavy atom. The number of benzene rings is 2. The largest absolute Gasteiger partial charge is 0.352 e. The van der Waals surface area contributed by atoms with E-state index in [0.29, 0.717) is 23.4 Å². The number of allylic oxidation sites excluding steroid dienone is 1. The number of fused-ring (bicyclic) bond motifs is 1. The van der Waals surface area contributed by atoms with Crippen LogP contribution >= 0.6 is 11.6 Å². The highest BCUT2D eigenvalue weighted by atomic mass is 35.5. The maximum Gasteiger partial charge on any atom is 0.352 e. The Morgan fingerprint density at radius 2 is 1.83 bits per heavy atom. The van der Waals surface area contributed by atoms with Crippen LogP contribution in [0.25, 0.3) is 0 Å². The van der Waals surface area contributed by atoms with Crippen molar-refractivity contribution in [2.24, 2.45) is 16.9 Å². The van der Waals surface area contributed by atoms with Crippen LogP contribution in [0.3, 0.4) is 0 Å². The van der Waals surface area contributed by atoms with Gasteiger partial charge in [-0.15, -0.1) is 0 Å². The van der Waals surface area contributed by atoms with Crippen LogP contribution in [0.15, 0.2) is 71.9 Å². The fourth-order valence-electron chi connectivity index (χ4n) is 4.53. The van der Waals surface area contributed by atoms with Crippen molar-refractivity contribution in [1.82, 2.24) is 15.4 Å². The maximum atomic E-state index is 13.0. The Balaban J connectivity index is 1.36. The van der Waals surface area contributed by atoms with Gasteiger partial charge in [-0.3, -0.25) is 5.43 Å². The molecule has 3 unspecified atom stereocenters. The minimum Gasteiger partial charge on any atom is -0.269 e. The molecule has 5 nitrogen and oxygen atoms in total. The maximum absolute atomic E-state index is 13.0. The highest BCUT2D eigenvalue weighted by molar-refractivity contribution is 6.30. The summed E-state index contributed by atoms with van der Waals surface area (Å²) in [5.74, 6) is 1.21. The number of hydrogen-bond donors (Lipinski definition) is 1. The normalized spacial score (nSPS) is 25.9. The van der Waals surface area contributed by atoms with Gasteiger partial charge in [0.25, 0.3) is 0 Å². The zero-order chi connectivity index (χ0) is 19.8. The van der Waals surface area contributed by atoms with Crippen molar-refractivity contribution in [1.29, 1.82) is 0 Å². The fourth-order valence-corrected chi connectivity index (χ4v) is 4.66. The minimum atomic E-state index is -0.168. The van der Waals surface area contributed by atoms with Gasteiger partial charge >= 0.3 is 6.03 Å². The Morgan fingerprint density at radius 1 is 1.03 bits per heavy atom. The average Bonchev–Trinajstić information content (AvgIpc) is 3.44. The van der Waals surface area contributed by atoms with E-state index in [9.17, 15) is 4.79 Å². The molecule has 1 fully saturated rings. The summed E-state index contributed by atoms with van der Waals surface area (Å²) >= 11 is 6.06. The summed E-state index contributed by atoms with van der Waals surface area (Å²) in [5, 5.41) is 9.00. The number of hydrogen-bond acceptors (Lipinski definition) is 3. The van der Waals surface area contributed by atoms with Crippen molar-refractivity contribution in [3.05, 3.63) is 82.9 Å². The lowest BCUT2D eigenvalue weighted by Gasteiger charge is -2.21. The van der Waals surface area contributed by atoms with Crippen LogP contribution in [0.1, 0.15) is 23.5 Å². The van der Waals surface area contributed by atoms with Gasteiger partial charge in [0.1, 0.15) is 0 Å². The van der Waals surface area contributed by atoms with Crippen molar-refractivity contribution >= 4 is 23.3 Å². The first-order chi connectivity index (χ1) is 14.2. The van der Waals surface area contributed by atoms with Crippen LogP contribution in [0.5, 0.6) is 0 Å². The van der Waals surface area contributed by atoms with Crippen LogP contribution < -0.4 is 5.43 Å². The monoisotopic (exact) mass is 406 g/mol. The van der Waals surface area contributed by atoms with Crippen molar-refractivity contribution in [3.8, 4) is 0 Å². The van der Waals surface area contributed by atoms with E-state index < -0.39 is 0 Å². The van der Waals surface area contributed by atoms with Gasteiger partial charge in [0, 0.05) is 24.0 Å². The van der Waals surface area contributed by atoms with E-state index in [1.807, 2.05) is 47.5 Å². The molecule has 1 saturated heterocycles. The zero-order valence-electron chi connectivity index (χ0n) is 16.0. The van der Waals surface area contributed by atoms with Gasteiger partial charge in [0.05, 0.1) is 12.3 Å². The Hall–Kier alpha value is -2.63. The van der Waals surface area contributed by atoms with Gasteiger partial charge in [-0.05, 0) is 41.5 Å². The van der Waals surface area contributed by atoms with E-state index in [-0.39, 0.29) is 11.9 Å². The number of carbonyl (C=O) groups excluding carboxylic acids is 1. The van der Waals surface area contributed by atoms with E-state index >= 15 is 0 Å². The van der Waals surface area contributed by atoms with Crippen LogP contribution in [-0.4, -0.2) is 41.4 Å². The molecule has 2 aliphatic heterocycles. The summed E-state index contributed by atoms with van der Waals surface area (Å²) < 4.78 is 0. The summed E-state index contributed by atoms with van der Waals surface area (Å²) in [6.45, 7) is 2.29. The van der Waals surface area contributed by atoms with Crippen LogP contribution in [0.4, 0.5) is 4.79 Å². The van der Waals surface area contributed by atoms with Crippen molar-refractivity contribution in [3.63, 3.8) is 0 Å². The van der Waals surface area contributed by atoms with Gasteiger partial charge in [-0.25, -0.2) is 14.8 Å². The molecular formula is C23H23ClN4O. The predicted octanol–water partition coefficient (Wildman–Crippen LogP) is 4.28. The first kappa shape index (κ1) is 18.4. The highest BCUT2D eigenvalue weighted by Crippen LogP contribution is 2.32. The number of rotatable bonds is 3. The summed E-state index contributed by atoms with van der Waals surface area (Å²) in [6.07, 6.45) is 5.63. The lowest BCUT2D eigenvalue weighted by molar-refractivity contribution is 0.161. The lowest BCUT2D eigenvalue weighted by Crippen LogP contribution is -2.46. The molecule has 0 bridgehead atoms. The van der Waals surface area contributed by atoms with E-state index in [1.165, 1.54) is 0 Å². The van der Waals surface area contributed by atoms with Crippen molar-refractivity contribution < 1.29 is 4.79 Å². The molecule has 5 rings (SSSR count). The van der Waals surface area contributed by atoms with Crippen molar-refractivity contribution in [2.75, 3.05) is 19.6 Å². The quantitative estimate of drug-likeness (QED) is 0.773.